The minimum absolute atomic E-state index is 0.492. The molecule has 1 aliphatic carbocycles. The summed E-state index contributed by atoms with van der Waals surface area (Å²) in [6.07, 6.45) is 7.04. The lowest BCUT2D eigenvalue weighted by Gasteiger charge is -2.41. The highest BCUT2D eigenvalue weighted by Crippen LogP contribution is 2.44. The van der Waals surface area contributed by atoms with Crippen LogP contribution in [0.5, 0.6) is 0 Å². The quantitative estimate of drug-likeness (QED) is 0.763. The highest BCUT2D eigenvalue weighted by molar-refractivity contribution is 4.86. The Morgan fingerprint density at radius 3 is 2.35 bits per heavy atom. The second kappa shape index (κ2) is 5.73. The fourth-order valence-electron chi connectivity index (χ4n) is 3.28. The molecule has 1 nitrogen and oxygen atoms in total. The Morgan fingerprint density at radius 1 is 1.18 bits per heavy atom. The van der Waals surface area contributed by atoms with Crippen LogP contribution in [0.4, 0.5) is 0 Å². The minimum Gasteiger partial charge on any atom is -0.319 e. The molecule has 2 unspecified atom stereocenters. The van der Waals surface area contributed by atoms with Crippen molar-refractivity contribution in [1.29, 1.82) is 0 Å². The maximum Gasteiger partial charge on any atom is -0.00209 e. The van der Waals surface area contributed by atoms with Gasteiger partial charge in [0, 0.05) is 0 Å². The molecular weight excluding hydrogens is 206 g/mol. The average Bonchev–Trinajstić information content (AvgIpc) is 2.17. The van der Waals surface area contributed by atoms with Gasteiger partial charge in [-0.1, -0.05) is 34.6 Å². The van der Waals surface area contributed by atoms with E-state index in [1.54, 1.807) is 0 Å². The van der Waals surface area contributed by atoms with Crippen molar-refractivity contribution in [1.82, 2.24) is 5.32 Å². The van der Waals surface area contributed by atoms with E-state index in [-0.39, 0.29) is 0 Å². The van der Waals surface area contributed by atoms with E-state index in [9.17, 15) is 0 Å². The molecule has 0 radical (unpaired) electrons. The van der Waals surface area contributed by atoms with Gasteiger partial charge in [0.1, 0.15) is 0 Å². The highest BCUT2D eigenvalue weighted by atomic mass is 14.8. The van der Waals surface area contributed by atoms with E-state index in [1.165, 1.54) is 38.6 Å². The van der Waals surface area contributed by atoms with Gasteiger partial charge in [-0.25, -0.2) is 0 Å². The third-order valence-electron chi connectivity index (χ3n) is 4.40. The number of hydrogen-bond donors (Lipinski definition) is 1. The van der Waals surface area contributed by atoms with Crippen LogP contribution in [0.1, 0.15) is 66.7 Å². The predicted molar refractivity (Wildman–Crippen MR) is 77.2 cm³/mol. The van der Waals surface area contributed by atoms with Gasteiger partial charge in [0.15, 0.2) is 0 Å². The molecule has 2 atom stereocenters. The van der Waals surface area contributed by atoms with E-state index >= 15 is 0 Å². The third kappa shape index (κ3) is 5.42. The van der Waals surface area contributed by atoms with Crippen LogP contribution >= 0.6 is 0 Å². The molecule has 1 aliphatic rings. The fourth-order valence-corrected chi connectivity index (χ4v) is 3.28. The maximum absolute atomic E-state index is 3.39. The standard InChI is InChI=1S/C16H33N/c1-15(2,3)9-7-13-11-16(4,5)10-8-14(13)12-17-6/h13-14,17H,7-12H2,1-6H3. The SMILES string of the molecule is CNCC1CCC(C)(C)CC1CCC(C)(C)C. The lowest BCUT2D eigenvalue weighted by atomic mass is 9.65. The lowest BCUT2D eigenvalue weighted by molar-refractivity contribution is 0.101. The maximum atomic E-state index is 3.39. The molecule has 1 saturated carbocycles. The summed E-state index contributed by atoms with van der Waals surface area (Å²) in [4.78, 5) is 0. The summed E-state index contributed by atoms with van der Waals surface area (Å²) in [6, 6.07) is 0. The van der Waals surface area contributed by atoms with Crippen molar-refractivity contribution in [2.24, 2.45) is 22.7 Å². The molecule has 0 aliphatic heterocycles. The van der Waals surface area contributed by atoms with Crippen molar-refractivity contribution in [3.05, 3.63) is 0 Å². The molecule has 0 heterocycles. The van der Waals surface area contributed by atoms with E-state index in [4.69, 9.17) is 0 Å². The van der Waals surface area contributed by atoms with Crippen LogP contribution < -0.4 is 5.32 Å². The van der Waals surface area contributed by atoms with Crippen molar-refractivity contribution in [3.63, 3.8) is 0 Å². The van der Waals surface area contributed by atoms with Crippen molar-refractivity contribution in [2.45, 2.75) is 66.7 Å². The largest absolute Gasteiger partial charge is 0.319 e. The minimum atomic E-state index is 0.492. The second-order valence-corrected chi connectivity index (χ2v) is 8.08. The summed E-state index contributed by atoms with van der Waals surface area (Å²) >= 11 is 0. The topological polar surface area (TPSA) is 12.0 Å². The first-order chi connectivity index (χ1) is 7.73. The van der Waals surface area contributed by atoms with E-state index < -0.39 is 0 Å². The fraction of sp³-hybridized carbons (Fsp3) is 1.00. The predicted octanol–water partition coefficient (Wildman–Crippen LogP) is 4.47. The van der Waals surface area contributed by atoms with Gasteiger partial charge < -0.3 is 5.32 Å². The van der Waals surface area contributed by atoms with Crippen LogP contribution in [0.2, 0.25) is 0 Å². The molecule has 0 aromatic heterocycles. The first-order valence-corrected chi connectivity index (χ1v) is 7.38. The molecule has 102 valence electrons. The number of hydrogen-bond acceptors (Lipinski definition) is 1. The molecule has 1 N–H and O–H groups in total. The van der Waals surface area contributed by atoms with Crippen molar-refractivity contribution in [3.8, 4) is 0 Å². The Morgan fingerprint density at radius 2 is 1.82 bits per heavy atom. The molecular formula is C16H33N. The zero-order valence-corrected chi connectivity index (χ0v) is 12.9. The van der Waals surface area contributed by atoms with Gasteiger partial charge in [-0.2, -0.15) is 0 Å². The summed E-state index contributed by atoms with van der Waals surface area (Å²) in [5, 5.41) is 3.39. The second-order valence-electron chi connectivity index (χ2n) is 8.08. The zero-order chi connectivity index (χ0) is 13.1. The summed E-state index contributed by atoms with van der Waals surface area (Å²) in [5.41, 5.74) is 1.07. The third-order valence-corrected chi connectivity index (χ3v) is 4.40. The molecule has 1 fully saturated rings. The van der Waals surface area contributed by atoms with Gasteiger partial charge in [0.25, 0.3) is 0 Å². The van der Waals surface area contributed by atoms with E-state index in [0.29, 0.717) is 10.8 Å². The van der Waals surface area contributed by atoms with Gasteiger partial charge in [0.2, 0.25) is 0 Å². The summed E-state index contributed by atoms with van der Waals surface area (Å²) in [5.74, 6) is 1.85. The molecule has 0 bridgehead atoms. The van der Waals surface area contributed by atoms with Crippen molar-refractivity contribution >= 4 is 0 Å². The zero-order valence-electron chi connectivity index (χ0n) is 12.9. The molecule has 0 spiro atoms. The van der Waals surface area contributed by atoms with Crippen LogP contribution in [0, 0.1) is 22.7 Å². The van der Waals surface area contributed by atoms with E-state index in [2.05, 4.69) is 47.0 Å². The molecule has 1 heteroatoms. The monoisotopic (exact) mass is 239 g/mol. The summed E-state index contributed by atoms with van der Waals surface area (Å²) in [7, 11) is 2.10. The number of nitrogens with one attached hydrogen (secondary N) is 1. The van der Waals surface area contributed by atoms with Gasteiger partial charge in [0.05, 0.1) is 0 Å². The molecule has 17 heavy (non-hydrogen) atoms. The lowest BCUT2D eigenvalue weighted by Crippen LogP contribution is -2.35. The summed E-state index contributed by atoms with van der Waals surface area (Å²) < 4.78 is 0. The van der Waals surface area contributed by atoms with Crippen LogP contribution in [0.15, 0.2) is 0 Å². The normalized spacial score (nSPS) is 29.3. The van der Waals surface area contributed by atoms with Gasteiger partial charge >= 0.3 is 0 Å². The van der Waals surface area contributed by atoms with Crippen molar-refractivity contribution < 1.29 is 0 Å². The van der Waals surface area contributed by atoms with Gasteiger partial charge in [-0.05, 0) is 68.4 Å². The number of rotatable bonds is 4. The van der Waals surface area contributed by atoms with Crippen molar-refractivity contribution in [2.75, 3.05) is 13.6 Å². The average molecular weight is 239 g/mol. The molecule has 1 rings (SSSR count). The first kappa shape index (κ1) is 15.0. The smallest absolute Gasteiger partial charge is 0.00209 e. The van der Waals surface area contributed by atoms with Gasteiger partial charge in [-0.3, -0.25) is 0 Å². The van der Waals surface area contributed by atoms with Crippen LogP contribution in [0.3, 0.4) is 0 Å². The van der Waals surface area contributed by atoms with E-state index in [1.807, 2.05) is 0 Å². The molecule has 0 aromatic carbocycles. The Balaban J connectivity index is 2.55. The Hall–Kier alpha value is -0.0400. The van der Waals surface area contributed by atoms with Crippen LogP contribution in [0.25, 0.3) is 0 Å². The Labute approximate surface area is 109 Å². The Bertz CT molecular complexity index is 224. The van der Waals surface area contributed by atoms with E-state index in [0.717, 1.165) is 11.8 Å². The molecule has 0 amide bonds. The highest BCUT2D eigenvalue weighted by Gasteiger charge is 2.34. The van der Waals surface area contributed by atoms with Gasteiger partial charge in [-0.15, -0.1) is 0 Å². The van der Waals surface area contributed by atoms with Crippen LogP contribution in [-0.2, 0) is 0 Å². The molecule has 0 saturated heterocycles. The Kier molecular flexibility index (Phi) is 5.07. The molecule has 0 aromatic rings. The van der Waals surface area contributed by atoms with Crippen LogP contribution in [-0.4, -0.2) is 13.6 Å². The summed E-state index contributed by atoms with van der Waals surface area (Å²) in [6.45, 7) is 13.2. The first-order valence-electron chi connectivity index (χ1n) is 7.38.